The number of esters is 1. The van der Waals surface area contributed by atoms with Crippen molar-refractivity contribution in [3.05, 3.63) is 0 Å². The van der Waals surface area contributed by atoms with Gasteiger partial charge in [-0.15, -0.1) is 5.54 Å². The highest BCUT2D eigenvalue weighted by atomic mass is 28.3. The Bertz CT molecular complexity index is 281. The monoisotopic (exact) mass is 230 g/mol. The number of carbonyl (C=O) groups is 1. The van der Waals surface area contributed by atoms with Gasteiger partial charge in [0.2, 0.25) is 0 Å². The number of hydrogen-bond donors (Lipinski definition) is 0. The summed E-state index contributed by atoms with van der Waals surface area (Å²) < 4.78 is 16.3. The lowest BCUT2D eigenvalue weighted by atomic mass is 10.2. The Morgan fingerprint density at radius 3 is 2.33 bits per heavy atom. The Kier molecular flexibility index (Phi) is 5.02. The predicted octanol–water partition coefficient (Wildman–Crippen LogP) is 2.55. The molecule has 0 aromatic heterocycles. The van der Waals surface area contributed by atoms with Crippen LogP contribution in [-0.4, -0.2) is 27.3 Å². The molecule has 4 heteroatoms. The van der Waals surface area contributed by atoms with Gasteiger partial charge in [-0.05, 0) is 5.04 Å². The fourth-order valence-corrected chi connectivity index (χ4v) is 1.49. The van der Waals surface area contributed by atoms with Crippen molar-refractivity contribution >= 4 is 14.0 Å². The van der Waals surface area contributed by atoms with Crippen LogP contribution < -0.4 is 0 Å². The SMILES string of the molecule is CC(C)(C)[Si](C)(C)C#CCOC(=O)CF. The minimum atomic E-state index is -1.63. The van der Waals surface area contributed by atoms with Gasteiger partial charge >= 0.3 is 5.97 Å². The summed E-state index contributed by atoms with van der Waals surface area (Å²) in [6.07, 6.45) is 0. The first-order chi connectivity index (χ1) is 6.70. The standard InChI is InChI=1S/C11H19FO2Si/c1-11(2,3)15(4,5)8-6-7-14-10(13)9-12/h7,9H2,1-5H3. The quantitative estimate of drug-likeness (QED) is 0.414. The Hall–Kier alpha value is -0.823. The zero-order valence-corrected chi connectivity index (χ0v) is 11.1. The number of ether oxygens (including phenoxy) is 1. The maximum Gasteiger partial charge on any atom is 0.338 e. The van der Waals surface area contributed by atoms with Gasteiger partial charge < -0.3 is 4.74 Å². The molecular formula is C11H19FO2Si. The summed E-state index contributed by atoms with van der Waals surface area (Å²) >= 11 is 0. The molecule has 86 valence electrons. The number of rotatable bonds is 2. The smallest absolute Gasteiger partial charge is 0.338 e. The van der Waals surface area contributed by atoms with E-state index in [1.54, 1.807) is 0 Å². The second-order valence-electron chi connectivity index (χ2n) is 4.97. The van der Waals surface area contributed by atoms with Crippen molar-refractivity contribution in [3.63, 3.8) is 0 Å². The fraction of sp³-hybridized carbons (Fsp3) is 0.727. The molecule has 0 amide bonds. The normalized spacial score (nSPS) is 11.6. The van der Waals surface area contributed by atoms with Crippen molar-refractivity contribution in [2.45, 2.75) is 38.9 Å². The molecule has 0 aliphatic heterocycles. The van der Waals surface area contributed by atoms with Crippen LogP contribution in [0.5, 0.6) is 0 Å². The molecule has 0 fully saturated rings. The molecule has 0 spiro atoms. The molecule has 0 aromatic rings. The second-order valence-corrected chi connectivity index (χ2v) is 9.97. The molecule has 0 rings (SSSR count). The van der Waals surface area contributed by atoms with Gasteiger partial charge in [-0.25, -0.2) is 9.18 Å². The largest absolute Gasteiger partial charge is 0.451 e. The summed E-state index contributed by atoms with van der Waals surface area (Å²) in [4.78, 5) is 10.5. The highest BCUT2D eigenvalue weighted by molar-refractivity contribution is 6.87. The van der Waals surface area contributed by atoms with Crippen LogP contribution in [0.3, 0.4) is 0 Å². The third-order valence-corrected chi connectivity index (χ3v) is 7.24. The van der Waals surface area contributed by atoms with Crippen LogP contribution in [-0.2, 0) is 9.53 Å². The number of hydrogen-bond acceptors (Lipinski definition) is 2. The van der Waals surface area contributed by atoms with E-state index in [0.717, 1.165) is 0 Å². The zero-order chi connectivity index (χ0) is 12.1. The molecule has 0 bridgehead atoms. The van der Waals surface area contributed by atoms with E-state index in [1.807, 2.05) is 0 Å². The molecule has 0 N–H and O–H groups in total. The third-order valence-electron chi connectivity index (χ3n) is 2.69. The molecule has 0 heterocycles. The molecule has 0 saturated carbocycles. The van der Waals surface area contributed by atoms with Crippen molar-refractivity contribution in [1.29, 1.82) is 0 Å². The van der Waals surface area contributed by atoms with Gasteiger partial charge in [-0.2, -0.15) is 0 Å². The average molecular weight is 230 g/mol. The summed E-state index contributed by atoms with van der Waals surface area (Å²) in [5, 5.41) is 0.185. The van der Waals surface area contributed by atoms with Crippen LogP contribution in [0.25, 0.3) is 0 Å². The van der Waals surface area contributed by atoms with E-state index < -0.39 is 20.7 Å². The Morgan fingerprint density at radius 1 is 1.40 bits per heavy atom. The summed E-state index contributed by atoms with van der Waals surface area (Å²) in [5.41, 5.74) is 3.17. The Labute approximate surface area is 92.2 Å². The first-order valence-electron chi connectivity index (χ1n) is 4.92. The number of carbonyl (C=O) groups excluding carboxylic acids is 1. The molecule has 0 aliphatic rings. The predicted molar refractivity (Wildman–Crippen MR) is 61.9 cm³/mol. The van der Waals surface area contributed by atoms with E-state index in [1.165, 1.54) is 0 Å². The molecule has 2 nitrogen and oxygen atoms in total. The van der Waals surface area contributed by atoms with Crippen molar-refractivity contribution in [2.24, 2.45) is 0 Å². The second kappa shape index (κ2) is 5.31. The average Bonchev–Trinajstić information content (AvgIpc) is 2.10. The van der Waals surface area contributed by atoms with E-state index in [4.69, 9.17) is 0 Å². The van der Waals surface area contributed by atoms with Gasteiger partial charge in [0.15, 0.2) is 13.3 Å². The molecule has 0 radical (unpaired) electrons. The fourth-order valence-electron chi connectivity index (χ4n) is 0.600. The van der Waals surface area contributed by atoms with Crippen LogP contribution >= 0.6 is 0 Å². The van der Waals surface area contributed by atoms with Crippen molar-refractivity contribution in [3.8, 4) is 11.5 Å². The topological polar surface area (TPSA) is 26.3 Å². The van der Waals surface area contributed by atoms with Gasteiger partial charge in [0.1, 0.15) is 8.07 Å². The van der Waals surface area contributed by atoms with Gasteiger partial charge in [0.05, 0.1) is 0 Å². The van der Waals surface area contributed by atoms with E-state index >= 15 is 0 Å². The maximum atomic E-state index is 11.7. The number of alkyl halides is 1. The Morgan fingerprint density at radius 2 is 1.93 bits per heavy atom. The van der Waals surface area contributed by atoms with Crippen LogP contribution in [0.2, 0.25) is 18.1 Å². The molecule has 0 saturated heterocycles. The zero-order valence-electron chi connectivity index (χ0n) is 10.1. The van der Waals surface area contributed by atoms with Crippen LogP contribution in [0, 0.1) is 11.5 Å². The minimum absolute atomic E-state index is 0.00470. The first kappa shape index (κ1) is 14.2. The van der Waals surface area contributed by atoms with Crippen molar-refractivity contribution in [2.75, 3.05) is 13.3 Å². The molecule has 0 aromatic carbocycles. The number of halogens is 1. The van der Waals surface area contributed by atoms with Gasteiger partial charge in [-0.3, -0.25) is 0 Å². The van der Waals surface area contributed by atoms with E-state index in [0.29, 0.717) is 0 Å². The van der Waals surface area contributed by atoms with Crippen LogP contribution in [0.15, 0.2) is 0 Å². The molecule has 0 atom stereocenters. The minimum Gasteiger partial charge on any atom is -0.451 e. The first-order valence-corrected chi connectivity index (χ1v) is 7.92. The molecule has 15 heavy (non-hydrogen) atoms. The van der Waals surface area contributed by atoms with Gasteiger partial charge in [0.25, 0.3) is 0 Å². The highest BCUT2D eigenvalue weighted by Crippen LogP contribution is 2.34. The van der Waals surface area contributed by atoms with Crippen molar-refractivity contribution in [1.82, 2.24) is 0 Å². The molecule has 0 unspecified atom stereocenters. The summed E-state index contributed by atoms with van der Waals surface area (Å²) in [5.74, 6) is 1.95. The summed E-state index contributed by atoms with van der Waals surface area (Å²) in [7, 11) is -1.63. The Balaban J connectivity index is 4.23. The van der Waals surface area contributed by atoms with Crippen LogP contribution in [0.1, 0.15) is 20.8 Å². The molecular weight excluding hydrogens is 211 g/mol. The van der Waals surface area contributed by atoms with E-state index in [9.17, 15) is 9.18 Å². The molecule has 0 aliphatic carbocycles. The lowest BCUT2D eigenvalue weighted by Gasteiger charge is -2.31. The maximum absolute atomic E-state index is 11.7. The van der Waals surface area contributed by atoms with Crippen molar-refractivity contribution < 1.29 is 13.9 Å². The third kappa shape index (κ3) is 4.98. The van der Waals surface area contributed by atoms with Crippen LogP contribution in [0.4, 0.5) is 4.39 Å². The lowest BCUT2D eigenvalue weighted by Crippen LogP contribution is -2.35. The highest BCUT2D eigenvalue weighted by Gasteiger charge is 2.33. The lowest BCUT2D eigenvalue weighted by molar-refractivity contribution is -0.143. The summed E-state index contributed by atoms with van der Waals surface area (Å²) in [6, 6.07) is 0. The van der Waals surface area contributed by atoms with Gasteiger partial charge in [-0.1, -0.05) is 39.8 Å². The van der Waals surface area contributed by atoms with Gasteiger partial charge in [0, 0.05) is 0 Å². The van der Waals surface area contributed by atoms with E-state index in [-0.39, 0.29) is 11.6 Å². The summed E-state index contributed by atoms with van der Waals surface area (Å²) in [6.45, 7) is 9.70. The van der Waals surface area contributed by atoms with E-state index in [2.05, 4.69) is 50.1 Å².